The molecule has 0 saturated carbocycles. The summed E-state index contributed by atoms with van der Waals surface area (Å²) in [5.74, 6) is 0. The molecule has 7 rings (SSSR count). The topological polar surface area (TPSA) is 103 Å². The van der Waals surface area contributed by atoms with Crippen molar-refractivity contribution < 1.29 is 17.9 Å². The number of ether oxygens (including phenoxy) is 1. The predicted molar refractivity (Wildman–Crippen MR) is 210 cm³/mol. The Balaban J connectivity index is 1.24. The van der Waals surface area contributed by atoms with Crippen LogP contribution in [0.25, 0.3) is 33.3 Å². The van der Waals surface area contributed by atoms with Crippen molar-refractivity contribution in [3.63, 3.8) is 0 Å². The molecule has 1 amide bonds. The number of aromatic nitrogens is 4. The van der Waals surface area contributed by atoms with Gasteiger partial charge in [-0.1, -0.05) is 53.6 Å². The molecule has 0 unspecified atom stereocenters. The van der Waals surface area contributed by atoms with E-state index < -0.39 is 15.6 Å². The van der Waals surface area contributed by atoms with E-state index in [0.717, 1.165) is 50.5 Å². The predicted octanol–water partition coefficient (Wildman–Crippen LogP) is 8.49. The minimum absolute atomic E-state index is 0.185. The van der Waals surface area contributed by atoms with Crippen molar-refractivity contribution in [3.8, 4) is 22.3 Å². The van der Waals surface area contributed by atoms with Crippen LogP contribution in [-0.4, -0.2) is 69.9 Å². The largest absolute Gasteiger partial charge is 0.444 e. The third-order valence-electron chi connectivity index (χ3n) is 9.56. The van der Waals surface area contributed by atoms with Gasteiger partial charge in [0.25, 0.3) is 10.0 Å². The smallest absolute Gasteiger partial charge is 0.410 e. The van der Waals surface area contributed by atoms with Gasteiger partial charge in [-0.05, 0) is 95.1 Å². The average molecular weight is 751 g/mol. The van der Waals surface area contributed by atoms with Crippen molar-refractivity contribution in [3.05, 3.63) is 119 Å². The lowest BCUT2D eigenvalue weighted by molar-refractivity contribution is 0.0240. The monoisotopic (exact) mass is 750 g/mol. The number of rotatable bonds is 7. The second kappa shape index (κ2) is 14.0. The van der Waals surface area contributed by atoms with Gasteiger partial charge in [0.15, 0.2) is 5.65 Å². The summed E-state index contributed by atoms with van der Waals surface area (Å²) in [6.07, 6.45) is 3.12. The quantitative estimate of drug-likeness (QED) is 0.161. The maximum Gasteiger partial charge on any atom is 0.410 e. The molecule has 1 aliphatic rings. The molecule has 1 fully saturated rings. The minimum Gasteiger partial charge on any atom is -0.444 e. The van der Waals surface area contributed by atoms with E-state index in [-0.39, 0.29) is 11.0 Å². The molecule has 0 aliphatic carbocycles. The van der Waals surface area contributed by atoms with Gasteiger partial charge in [-0.2, -0.15) is 5.10 Å². The molecule has 0 atom stereocenters. The molecule has 3 aromatic heterocycles. The molecule has 1 saturated heterocycles. The summed E-state index contributed by atoms with van der Waals surface area (Å²) in [6, 6.07) is 24.8. The van der Waals surface area contributed by atoms with E-state index in [1.54, 1.807) is 41.6 Å². The number of piperazine rings is 1. The molecule has 10 nitrogen and oxygen atoms in total. The number of hydrogen-bond acceptors (Lipinski definition) is 7. The summed E-state index contributed by atoms with van der Waals surface area (Å²) in [7, 11) is -3.98. The van der Waals surface area contributed by atoms with Crippen LogP contribution in [0.4, 0.5) is 10.5 Å². The molecule has 53 heavy (non-hydrogen) atoms. The molecule has 3 aromatic carbocycles. The third kappa shape index (κ3) is 7.41. The second-order valence-electron chi connectivity index (χ2n) is 14.6. The molecular formula is C41H43ClN6O4S. The first kappa shape index (κ1) is 36.2. The molecule has 6 aromatic rings. The molecule has 0 radical (unpaired) electrons. The van der Waals surface area contributed by atoms with Crippen LogP contribution in [0.15, 0.2) is 96.2 Å². The second-order valence-corrected chi connectivity index (χ2v) is 16.8. The summed E-state index contributed by atoms with van der Waals surface area (Å²) in [6.45, 7) is 14.6. The molecule has 0 N–H and O–H groups in total. The summed E-state index contributed by atoms with van der Waals surface area (Å²) in [4.78, 5) is 21.6. The van der Waals surface area contributed by atoms with Crippen LogP contribution in [0, 0.1) is 20.8 Å². The highest BCUT2D eigenvalue weighted by Crippen LogP contribution is 2.38. The molecule has 0 spiro atoms. The summed E-state index contributed by atoms with van der Waals surface area (Å²) >= 11 is 6.28. The fourth-order valence-electron chi connectivity index (χ4n) is 6.83. The van der Waals surface area contributed by atoms with Gasteiger partial charge < -0.3 is 14.5 Å². The Morgan fingerprint density at radius 1 is 0.887 bits per heavy atom. The van der Waals surface area contributed by atoms with Crippen molar-refractivity contribution in [1.82, 2.24) is 23.6 Å². The number of halogens is 1. The number of amides is 1. The Morgan fingerprint density at radius 3 is 2.25 bits per heavy atom. The van der Waals surface area contributed by atoms with E-state index >= 15 is 0 Å². The first-order valence-electron chi connectivity index (χ1n) is 17.6. The summed E-state index contributed by atoms with van der Waals surface area (Å²) in [5.41, 5.74) is 7.91. The number of pyridine rings is 1. The molecule has 274 valence electrons. The maximum absolute atomic E-state index is 14.2. The van der Waals surface area contributed by atoms with Gasteiger partial charge in [0.05, 0.1) is 17.1 Å². The van der Waals surface area contributed by atoms with E-state index in [1.807, 2.05) is 76.6 Å². The zero-order valence-corrected chi connectivity index (χ0v) is 32.4. The van der Waals surface area contributed by atoms with Crippen molar-refractivity contribution in [2.45, 2.75) is 58.6 Å². The summed E-state index contributed by atoms with van der Waals surface area (Å²) in [5, 5.41) is 6.24. The Kier molecular flexibility index (Phi) is 9.59. The van der Waals surface area contributed by atoms with Crippen LogP contribution in [0.5, 0.6) is 0 Å². The molecule has 0 bridgehead atoms. The number of nitrogens with zero attached hydrogens (tertiary/aromatic N) is 6. The number of carbonyl (C=O) groups is 1. The van der Waals surface area contributed by atoms with E-state index in [2.05, 4.69) is 29.2 Å². The lowest BCUT2D eigenvalue weighted by Gasteiger charge is -2.36. The lowest BCUT2D eigenvalue weighted by Crippen LogP contribution is -2.50. The van der Waals surface area contributed by atoms with Gasteiger partial charge >= 0.3 is 6.09 Å². The average Bonchev–Trinajstić information content (AvgIpc) is 3.63. The standard InChI is InChI=1S/C41H43ClN6O4S/c1-27-10-16-35(17-11-27)53(50,51)48-26-37(38-28(2)44-47(29(38)3)25-30-8-7-9-33(42)22-30)36-23-32(24-43-39(36)48)31-12-14-34(15-13-31)45-18-20-46(21-19-45)40(49)52-41(4,5)6/h7-17,22-24,26H,18-21,25H2,1-6H3. The SMILES string of the molecule is Cc1ccc(S(=O)(=O)n2cc(-c3c(C)nn(Cc4cccc(Cl)c4)c3C)c3cc(-c4ccc(N5CCN(C(=O)OC(C)(C)C)CC5)cc4)cnc32)cc1. The molecular weight excluding hydrogens is 708 g/mol. The van der Waals surface area contributed by atoms with E-state index in [4.69, 9.17) is 26.4 Å². The lowest BCUT2D eigenvalue weighted by atomic mass is 10.0. The van der Waals surface area contributed by atoms with Crippen LogP contribution in [0.1, 0.15) is 43.3 Å². The normalized spacial score (nSPS) is 13.9. The third-order valence-corrected chi connectivity index (χ3v) is 11.5. The molecule has 12 heteroatoms. The van der Waals surface area contributed by atoms with Crippen molar-refractivity contribution in [1.29, 1.82) is 0 Å². The van der Waals surface area contributed by atoms with E-state index in [0.29, 0.717) is 48.8 Å². The van der Waals surface area contributed by atoms with Crippen LogP contribution >= 0.6 is 11.6 Å². The minimum atomic E-state index is -3.98. The van der Waals surface area contributed by atoms with Crippen LogP contribution in [0.3, 0.4) is 0 Å². The first-order valence-corrected chi connectivity index (χ1v) is 19.5. The van der Waals surface area contributed by atoms with Gasteiger partial charge in [-0.25, -0.2) is 22.2 Å². The van der Waals surface area contributed by atoms with Gasteiger partial charge in [0, 0.05) is 77.1 Å². The highest BCUT2D eigenvalue weighted by molar-refractivity contribution is 7.90. The zero-order valence-electron chi connectivity index (χ0n) is 30.8. The van der Waals surface area contributed by atoms with Gasteiger partial charge in [-0.3, -0.25) is 4.68 Å². The summed E-state index contributed by atoms with van der Waals surface area (Å²) < 4.78 is 37.1. The number of anilines is 1. The fraction of sp³-hybridized carbons (Fsp3) is 0.293. The van der Waals surface area contributed by atoms with Gasteiger partial charge in [-0.15, -0.1) is 0 Å². The first-order chi connectivity index (χ1) is 25.2. The van der Waals surface area contributed by atoms with Crippen LogP contribution in [0.2, 0.25) is 5.02 Å². The zero-order chi connectivity index (χ0) is 37.7. The van der Waals surface area contributed by atoms with Crippen molar-refractivity contribution in [2.24, 2.45) is 0 Å². The Bertz CT molecular complexity index is 2420. The van der Waals surface area contributed by atoms with Crippen molar-refractivity contribution in [2.75, 3.05) is 31.1 Å². The van der Waals surface area contributed by atoms with E-state index in [1.165, 1.54) is 3.97 Å². The number of carbonyl (C=O) groups excluding carboxylic acids is 1. The Morgan fingerprint density at radius 2 is 1.58 bits per heavy atom. The van der Waals surface area contributed by atoms with Crippen LogP contribution < -0.4 is 4.90 Å². The Labute approximate surface area is 315 Å². The molecule has 1 aliphatic heterocycles. The highest BCUT2D eigenvalue weighted by atomic mass is 35.5. The van der Waals surface area contributed by atoms with Crippen molar-refractivity contribution >= 4 is 44.4 Å². The number of hydrogen-bond donors (Lipinski definition) is 0. The Hall–Kier alpha value is -5.13. The molecule has 4 heterocycles. The maximum atomic E-state index is 14.2. The van der Waals surface area contributed by atoms with Gasteiger partial charge in [0.2, 0.25) is 0 Å². The van der Waals surface area contributed by atoms with Gasteiger partial charge in [0.1, 0.15) is 5.60 Å². The number of fused-ring (bicyclic) bond motifs is 1. The van der Waals surface area contributed by atoms with Crippen LogP contribution in [-0.2, 0) is 21.3 Å². The highest BCUT2D eigenvalue weighted by Gasteiger charge is 2.28. The fourth-order valence-corrected chi connectivity index (χ4v) is 8.37. The number of aryl methyl sites for hydroxylation is 2. The number of benzene rings is 3. The van der Waals surface area contributed by atoms with E-state index in [9.17, 15) is 13.2 Å².